The Hall–Kier alpha value is -2.06. The fourth-order valence-electron chi connectivity index (χ4n) is 2.02. The molecule has 0 aliphatic rings. The number of guanidine groups is 1. The minimum atomic E-state index is -2.99. The Labute approximate surface area is 153 Å². The van der Waals surface area contributed by atoms with Gasteiger partial charge in [-0.1, -0.05) is 23.2 Å². The highest BCUT2D eigenvalue weighted by Gasteiger charge is 2.15. The molecule has 0 saturated carbocycles. The summed E-state index contributed by atoms with van der Waals surface area (Å²) in [5.74, 6) is 0.366. The van der Waals surface area contributed by atoms with Crippen molar-refractivity contribution in [3.8, 4) is 5.75 Å². The molecule has 25 heavy (non-hydrogen) atoms. The Morgan fingerprint density at radius 1 is 1.36 bits per heavy atom. The van der Waals surface area contributed by atoms with Crippen LogP contribution in [0.15, 0.2) is 29.4 Å². The van der Waals surface area contributed by atoms with Gasteiger partial charge in [0.2, 0.25) is 0 Å². The SMILES string of the molecule is CCNC(=NCc1cc(Cl)cc(Cl)c1OC(F)F)NCc1ccn[nH]1. The van der Waals surface area contributed by atoms with E-state index in [-0.39, 0.29) is 17.3 Å². The Morgan fingerprint density at radius 3 is 2.80 bits per heavy atom. The van der Waals surface area contributed by atoms with Gasteiger partial charge in [0.1, 0.15) is 5.75 Å². The number of aliphatic imine (C=N–C) groups is 1. The van der Waals surface area contributed by atoms with E-state index >= 15 is 0 Å². The maximum Gasteiger partial charge on any atom is 0.387 e. The van der Waals surface area contributed by atoms with Crippen molar-refractivity contribution < 1.29 is 13.5 Å². The van der Waals surface area contributed by atoms with Crippen LogP contribution in [0.4, 0.5) is 8.78 Å². The van der Waals surface area contributed by atoms with E-state index in [0.717, 1.165) is 5.69 Å². The Kier molecular flexibility index (Phi) is 7.27. The van der Waals surface area contributed by atoms with Crippen LogP contribution < -0.4 is 15.4 Å². The summed E-state index contributed by atoms with van der Waals surface area (Å²) in [6, 6.07) is 4.66. The van der Waals surface area contributed by atoms with Gasteiger partial charge in [0.25, 0.3) is 0 Å². The summed E-state index contributed by atoms with van der Waals surface area (Å²) >= 11 is 11.9. The van der Waals surface area contributed by atoms with E-state index in [4.69, 9.17) is 23.2 Å². The van der Waals surface area contributed by atoms with Crippen LogP contribution in [0.25, 0.3) is 0 Å². The Balaban J connectivity index is 2.15. The van der Waals surface area contributed by atoms with Gasteiger partial charge in [-0.05, 0) is 25.1 Å². The van der Waals surface area contributed by atoms with Crippen LogP contribution in [-0.4, -0.2) is 29.3 Å². The predicted molar refractivity (Wildman–Crippen MR) is 93.3 cm³/mol. The third-order valence-electron chi connectivity index (χ3n) is 3.05. The van der Waals surface area contributed by atoms with Crippen molar-refractivity contribution in [3.05, 3.63) is 45.7 Å². The van der Waals surface area contributed by atoms with E-state index in [2.05, 4.69) is 30.6 Å². The van der Waals surface area contributed by atoms with E-state index in [9.17, 15) is 8.78 Å². The van der Waals surface area contributed by atoms with E-state index in [1.54, 1.807) is 6.20 Å². The van der Waals surface area contributed by atoms with E-state index < -0.39 is 6.61 Å². The molecule has 0 bridgehead atoms. The first-order valence-corrected chi connectivity index (χ1v) is 8.18. The van der Waals surface area contributed by atoms with Crippen molar-refractivity contribution in [2.75, 3.05) is 6.54 Å². The first-order valence-electron chi connectivity index (χ1n) is 7.42. The molecule has 0 radical (unpaired) electrons. The van der Waals surface area contributed by atoms with Crippen molar-refractivity contribution in [3.63, 3.8) is 0 Å². The summed E-state index contributed by atoms with van der Waals surface area (Å²) in [6.07, 6.45) is 1.64. The Bertz CT molecular complexity index is 710. The molecule has 0 fully saturated rings. The summed E-state index contributed by atoms with van der Waals surface area (Å²) in [7, 11) is 0. The third kappa shape index (κ3) is 6.06. The topological polar surface area (TPSA) is 74.3 Å². The highest BCUT2D eigenvalue weighted by Crippen LogP contribution is 2.34. The first-order chi connectivity index (χ1) is 12.0. The minimum Gasteiger partial charge on any atom is -0.433 e. The number of nitrogens with one attached hydrogen (secondary N) is 3. The first kappa shape index (κ1) is 19.3. The molecule has 10 heteroatoms. The highest BCUT2D eigenvalue weighted by molar-refractivity contribution is 6.35. The molecular weight excluding hydrogens is 375 g/mol. The number of aromatic nitrogens is 2. The number of ether oxygens (including phenoxy) is 1. The number of halogens is 4. The zero-order chi connectivity index (χ0) is 18.2. The van der Waals surface area contributed by atoms with E-state index in [1.165, 1.54) is 12.1 Å². The summed E-state index contributed by atoms with van der Waals surface area (Å²) in [5.41, 5.74) is 1.23. The average Bonchev–Trinajstić information content (AvgIpc) is 3.06. The monoisotopic (exact) mass is 391 g/mol. The lowest BCUT2D eigenvalue weighted by Gasteiger charge is -2.14. The van der Waals surface area contributed by atoms with E-state index in [0.29, 0.717) is 29.6 Å². The van der Waals surface area contributed by atoms with Gasteiger partial charge in [-0.3, -0.25) is 5.10 Å². The van der Waals surface area contributed by atoms with Crippen LogP contribution in [0.1, 0.15) is 18.2 Å². The molecule has 1 aromatic carbocycles. The van der Waals surface area contributed by atoms with Gasteiger partial charge in [0.05, 0.1) is 23.8 Å². The molecule has 6 nitrogen and oxygen atoms in total. The molecule has 0 amide bonds. The molecule has 0 aliphatic carbocycles. The molecule has 0 atom stereocenters. The lowest BCUT2D eigenvalue weighted by atomic mass is 10.2. The number of hydrogen-bond acceptors (Lipinski definition) is 3. The van der Waals surface area contributed by atoms with Gasteiger partial charge in [0.15, 0.2) is 5.96 Å². The zero-order valence-corrected chi connectivity index (χ0v) is 14.8. The molecule has 2 aromatic rings. The highest BCUT2D eigenvalue weighted by atomic mass is 35.5. The van der Waals surface area contributed by atoms with Crippen LogP contribution >= 0.6 is 23.2 Å². The number of rotatable bonds is 7. The fourth-order valence-corrected chi connectivity index (χ4v) is 2.60. The second-order valence-electron chi connectivity index (χ2n) is 4.88. The van der Waals surface area contributed by atoms with Crippen molar-refractivity contribution >= 4 is 29.2 Å². The molecule has 2 rings (SSSR count). The molecule has 1 aromatic heterocycles. The smallest absolute Gasteiger partial charge is 0.387 e. The minimum absolute atomic E-state index is 0.00780. The van der Waals surface area contributed by atoms with Gasteiger partial charge in [-0.25, -0.2) is 4.99 Å². The van der Waals surface area contributed by atoms with Gasteiger partial charge in [-0.15, -0.1) is 0 Å². The third-order valence-corrected chi connectivity index (χ3v) is 3.55. The van der Waals surface area contributed by atoms with Gasteiger partial charge >= 0.3 is 6.61 Å². The maximum atomic E-state index is 12.6. The summed E-state index contributed by atoms with van der Waals surface area (Å²) in [6.45, 7) is 0.0806. The van der Waals surface area contributed by atoms with Crippen LogP contribution in [0.2, 0.25) is 10.0 Å². The van der Waals surface area contributed by atoms with Crippen LogP contribution in [-0.2, 0) is 13.1 Å². The van der Waals surface area contributed by atoms with Crippen molar-refractivity contribution in [1.29, 1.82) is 0 Å². The lowest BCUT2D eigenvalue weighted by Crippen LogP contribution is -2.36. The molecule has 0 spiro atoms. The number of hydrogen-bond donors (Lipinski definition) is 3. The molecule has 136 valence electrons. The molecule has 0 unspecified atom stereocenters. The number of alkyl halides is 2. The molecular formula is C15H17Cl2F2N5O. The predicted octanol–water partition coefficient (Wildman–Crippen LogP) is 3.57. The number of benzene rings is 1. The summed E-state index contributed by atoms with van der Waals surface area (Å²) < 4.78 is 29.7. The van der Waals surface area contributed by atoms with Crippen molar-refractivity contribution in [2.45, 2.75) is 26.6 Å². The quantitative estimate of drug-likeness (QED) is 0.498. The summed E-state index contributed by atoms with van der Waals surface area (Å²) in [5, 5.41) is 13.1. The van der Waals surface area contributed by atoms with Gasteiger partial charge in [0, 0.05) is 23.3 Å². The number of aromatic amines is 1. The molecule has 0 aliphatic heterocycles. The molecule has 0 saturated heterocycles. The van der Waals surface area contributed by atoms with Crippen molar-refractivity contribution in [1.82, 2.24) is 20.8 Å². The molecule has 3 N–H and O–H groups in total. The maximum absolute atomic E-state index is 12.6. The average molecular weight is 392 g/mol. The number of nitrogens with zero attached hydrogens (tertiary/aromatic N) is 2. The standard InChI is InChI=1S/C15H17Cl2F2N5O/c1-2-20-15(22-8-11-3-4-23-24-11)21-7-9-5-10(16)6-12(17)13(9)25-14(18)19/h3-6,14H,2,7-8H2,1H3,(H,23,24)(H2,20,21,22). The van der Waals surface area contributed by atoms with Crippen LogP contribution in [0.5, 0.6) is 5.75 Å². The zero-order valence-electron chi connectivity index (χ0n) is 13.3. The van der Waals surface area contributed by atoms with Gasteiger partial charge < -0.3 is 15.4 Å². The fraction of sp³-hybridized carbons (Fsp3) is 0.333. The lowest BCUT2D eigenvalue weighted by molar-refractivity contribution is -0.0503. The normalized spacial score (nSPS) is 11.7. The van der Waals surface area contributed by atoms with E-state index in [1.807, 2.05) is 13.0 Å². The van der Waals surface area contributed by atoms with Gasteiger partial charge in [-0.2, -0.15) is 13.9 Å². The molecule has 1 heterocycles. The van der Waals surface area contributed by atoms with Crippen LogP contribution in [0, 0.1) is 0 Å². The summed E-state index contributed by atoms with van der Waals surface area (Å²) in [4.78, 5) is 4.35. The number of H-pyrrole nitrogens is 1. The Morgan fingerprint density at radius 2 is 2.16 bits per heavy atom. The van der Waals surface area contributed by atoms with Crippen LogP contribution in [0.3, 0.4) is 0 Å². The van der Waals surface area contributed by atoms with Crippen molar-refractivity contribution in [2.24, 2.45) is 4.99 Å². The largest absolute Gasteiger partial charge is 0.433 e. The second-order valence-corrected chi connectivity index (χ2v) is 5.73. The second kappa shape index (κ2) is 9.43.